The number of hydrogen-bond donors (Lipinski definition) is 0. The van der Waals surface area contributed by atoms with E-state index in [2.05, 4.69) is 42.4 Å². The van der Waals surface area contributed by atoms with E-state index < -0.39 is 0 Å². The Morgan fingerprint density at radius 3 is 2.50 bits per heavy atom. The summed E-state index contributed by atoms with van der Waals surface area (Å²) in [5.74, 6) is 2.00. The zero-order valence-corrected chi connectivity index (χ0v) is 15.2. The van der Waals surface area contributed by atoms with E-state index in [4.69, 9.17) is 31.2 Å². The molecule has 2 atom stereocenters. The Morgan fingerprint density at radius 2 is 1.82 bits per heavy atom. The van der Waals surface area contributed by atoms with Crippen molar-refractivity contribution >= 4 is 70.5 Å². The predicted octanol–water partition coefficient (Wildman–Crippen LogP) is 2.39. The van der Waals surface area contributed by atoms with Crippen molar-refractivity contribution < 1.29 is 0 Å². The molecule has 2 aromatic rings. The zero-order valence-electron chi connectivity index (χ0n) is 11.5. The third-order valence-corrected chi connectivity index (χ3v) is 6.20. The van der Waals surface area contributed by atoms with Gasteiger partial charge in [-0.15, -0.1) is 0 Å². The Kier molecular flexibility index (Phi) is 3.87. The van der Waals surface area contributed by atoms with E-state index in [9.17, 15) is 0 Å². The maximum Gasteiger partial charge on any atom is 0.224 e. The summed E-state index contributed by atoms with van der Waals surface area (Å²) in [6.07, 6.45) is 1.73. The van der Waals surface area contributed by atoms with E-state index in [-0.39, 0.29) is 5.28 Å². The third-order valence-electron chi connectivity index (χ3n) is 4.41. The maximum atomic E-state index is 6.13. The Balaban J connectivity index is 1.78. The molecule has 0 aromatic carbocycles. The minimum absolute atomic E-state index is 0.236. The lowest BCUT2D eigenvalue weighted by atomic mass is 10.0. The number of pyridine rings is 1. The number of aromatic nitrogens is 3. The molecule has 0 N–H and O–H groups in total. The van der Waals surface area contributed by atoms with Gasteiger partial charge >= 0.3 is 0 Å². The maximum absolute atomic E-state index is 6.13. The van der Waals surface area contributed by atoms with Crippen LogP contribution >= 0.6 is 45.8 Å². The van der Waals surface area contributed by atoms with Gasteiger partial charge in [0.15, 0.2) is 7.98 Å². The van der Waals surface area contributed by atoms with Crippen LogP contribution in [-0.4, -0.2) is 53.9 Å². The molecule has 0 spiro atoms. The molecule has 5 nitrogen and oxygen atoms in total. The highest BCUT2D eigenvalue weighted by Crippen LogP contribution is 2.36. The second kappa shape index (κ2) is 5.61. The van der Waals surface area contributed by atoms with Crippen LogP contribution < -0.4 is 4.90 Å². The van der Waals surface area contributed by atoms with Gasteiger partial charge in [-0.25, -0.2) is 9.97 Å². The van der Waals surface area contributed by atoms with E-state index in [1.807, 2.05) is 4.81 Å². The Hall–Kier alpha value is -0.375. The summed E-state index contributed by atoms with van der Waals surface area (Å²) in [6, 6.07) is 0. The van der Waals surface area contributed by atoms with Crippen LogP contribution in [0, 0.1) is 15.4 Å². The standard InChI is InChI=1S/C13H11BCl2IN5/c14-22-4-6-2-21(3-7(6)5-22)12-8-1-18-11(15)9(17)10(8)19-13(16)20-12/h1,6-7H,2-5H2. The van der Waals surface area contributed by atoms with Crippen LogP contribution in [0.25, 0.3) is 10.9 Å². The molecule has 0 amide bonds. The van der Waals surface area contributed by atoms with Crippen molar-refractivity contribution in [1.29, 1.82) is 0 Å². The van der Waals surface area contributed by atoms with Crippen LogP contribution in [0.1, 0.15) is 0 Å². The first-order valence-electron chi connectivity index (χ1n) is 6.94. The van der Waals surface area contributed by atoms with Gasteiger partial charge in [-0.05, 0) is 59.1 Å². The first-order chi connectivity index (χ1) is 10.5. The molecule has 2 unspecified atom stereocenters. The number of anilines is 1. The van der Waals surface area contributed by atoms with E-state index >= 15 is 0 Å². The smallest absolute Gasteiger partial charge is 0.224 e. The van der Waals surface area contributed by atoms with Gasteiger partial charge in [0.05, 0.1) is 14.5 Å². The SMILES string of the molecule is [B]N1CC2CN(c3nc(Cl)nc4c(I)c(Cl)ncc34)CC2C1. The van der Waals surface area contributed by atoms with Gasteiger partial charge in [-0.1, -0.05) is 11.6 Å². The monoisotopic (exact) mass is 445 g/mol. The van der Waals surface area contributed by atoms with E-state index in [1.165, 1.54) is 0 Å². The van der Waals surface area contributed by atoms with Crippen LogP contribution in [0.4, 0.5) is 5.82 Å². The summed E-state index contributed by atoms with van der Waals surface area (Å²) in [7, 11) is 5.90. The van der Waals surface area contributed by atoms with Crippen molar-refractivity contribution in [3.8, 4) is 0 Å². The van der Waals surface area contributed by atoms with Gasteiger partial charge in [0, 0.05) is 19.3 Å². The second-order valence-electron chi connectivity index (χ2n) is 5.82. The molecule has 4 heterocycles. The Bertz CT molecular complexity index is 747. The summed E-state index contributed by atoms with van der Waals surface area (Å²) >= 11 is 14.4. The molecule has 0 bridgehead atoms. The lowest BCUT2D eigenvalue weighted by molar-refractivity contribution is 0.514. The summed E-state index contributed by atoms with van der Waals surface area (Å²) in [5, 5.41) is 1.56. The molecule has 22 heavy (non-hydrogen) atoms. The highest BCUT2D eigenvalue weighted by atomic mass is 127. The third kappa shape index (κ3) is 2.46. The van der Waals surface area contributed by atoms with Gasteiger partial charge in [-0.3, -0.25) is 0 Å². The minimum atomic E-state index is 0.236. The molecule has 2 radical (unpaired) electrons. The average Bonchev–Trinajstić information content (AvgIpc) is 2.99. The molecule has 0 saturated carbocycles. The summed E-state index contributed by atoms with van der Waals surface area (Å²) in [5.41, 5.74) is 0.758. The van der Waals surface area contributed by atoms with Crippen LogP contribution in [-0.2, 0) is 0 Å². The average molecular weight is 446 g/mol. The Morgan fingerprint density at radius 1 is 1.14 bits per heavy atom. The fourth-order valence-electron chi connectivity index (χ4n) is 3.44. The van der Waals surface area contributed by atoms with Gasteiger partial charge in [0.1, 0.15) is 11.0 Å². The molecule has 0 aliphatic carbocycles. The lowest BCUT2D eigenvalue weighted by Gasteiger charge is -2.22. The van der Waals surface area contributed by atoms with Crippen molar-refractivity contribution in [2.45, 2.75) is 0 Å². The van der Waals surface area contributed by atoms with E-state index in [1.54, 1.807) is 6.20 Å². The minimum Gasteiger partial charge on any atom is -0.355 e. The largest absolute Gasteiger partial charge is 0.355 e. The van der Waals surface area contributed by atoms with Crippen molar-refractivity contribution in [2.75, 3.05) is 31.1 Å². The van der Waals surface area contributed by atoms with Crippen molar-refractivity contribution in [1.82, 2.24) is 19.8 Å². The fourth-order valence-corrected chi connectivity index (χ4v) is 4.29. The molecular weight excluding hydrogens is 435 g/mol. The van der Waals surface area contributed by atoms with Crippen LogP contribution in [0.3, 0.4) is 0 Å². The summed E-state index contributed by atoms with van der Waals surface area (Å²) in [4.78, 5) is 17.2. The van der Waals surface area contributed by atoms with Gasteiger partial charge in [0.2, 0.25) is 5.28 Å². The predicted molar refractivity (Wildman–Crippen MR) is 96.6 cm³/mol. The van der Waals surface area contributed by atoms with Gasteiger partial charge < -0.3 is 9.71 Å². The molecule has 112 valence electrons. The van der Waals surface area contributed by atoms with Gasteiger partial charge in [-0.2, -0.15) is 4.98 Å². The molecular formula is C13H11BCl2IN5. The molecule has 9 heteroatoms. The van der Waals surface area contributed by atoms with E-state index in [0.717, 1.165) is 46.5 Å². The quantitative estimate of drug-likeness (QED) is 0.292. The first-order valence-corrected chi connectivity index (χ1v) is 8.78. The molecule has 2 aliphatic rings. The highest BCUT2D eigenvalue weighted by molar-refractivity contribution is 14.1. The second-order valence-corrected chi connectivity index (χ2v) is 7.60. The topological polar surface area (TPSA) is 45.2 Å². The molecule has 2 aliphatic heterocycles. The number of rotatable bonds is 1. The highest BCUT2D eigenvalue weighted by Gasteiger charge is 2.39. The molecule has 4 rings (SSSR count). The fraction of sp³-hybridized carbons (Fsp3) is 0.462. The van der Waals surface area contributed by atoms with Crippen molar-refractivity contribution in [3.63, 3.8) is 0 Å². The Labute approximate surface area is 153 Å². The number of fused-ring (bicyclic) bond motifs is 2. The van der Waals surface area contributed by atoms with Crippen LogP contribution in [0.2, 0.25) is 10.4 Å². The first kappa shape index (κ1) is 15.2. The number of hydrogen-bond acceptors (Lipinski definition) is 5. The molecule has 2 saturated heterocycles. The van der Waals surface area contributed by atoms with Crippen molar-refractivity contribution in [3.05, 3.63) is 20.2 Å². The molecule has 2 aromatic heterocycles. The van der Waals surface area contributed by atoms with Crippen molar-refractivity contribution in [2.24, 2.45) is 11.8 Å². The normalized spacial score (nSPS) is 25.1. The summed E-state index contributed by atoms with van der Waals surface area (Å²) < 4.78 is 0.801. The number of nitrogens with zero attached hydrogens (tertiary/aromatic N) is 5. The van der Waals surface area contributed by atoms with E-state index in [0.29, 0.717) is 17.0 Å². The summed E-state index contributed by atoms with van der Waals surface area (Å²) in [6.45, 7) is 3.72. The van der Waals surface area contributed by atoms with Gasteiger partial charge in [0.25, 0.3) is 0 Å². The lowest BCUT2D eigenvalue weighted by Crippen LogP contribution is -2.28. The molecule has 2 fully saturated rings. The zero-order chi connectivity index (χ0) is 15.4. The van der Waals surface area contributed by atoms with Crippen LogP contribution in [0.15, 0.2) is 6.20 Å². The number of halogens is 3. The van der Waals surface area contributed by atoms with Crippen LogP contribution in [0.5, 0.6) is 0 Å².